The second kappa shape index (κ2) is 4.85. The topological polar surface area (TPSA) is 76.3 Å². The molecule has 0 bridgehead atoms. The third-order valence-electron chi connectivity index (χ3n) is 3.13. The molecule has 6 nitrogen and oxygen atoms in total. The number of methoxy groups -OCH3 is 1. The predicted octanol–water partition coefficient (Wildman–Crippen LogP) is 0.174. The molecule has 94 valence electrons. The van der Waals surface area contributed by atoms with E-state index in [0.29, 0.717) is 12.0 Å². The van der Waals surface area contributed by atoms with E-state index in [0.717, 1.165) is 24.6 Å². The van der Waals surface area contributed by atoms with Crippen LogP contribution in [0.4, 0.5) is 11.8 Å². The van der Waals surface area contributed by atoms with Crippen LogP contribution in [0.2, 0.25) is 0 Å². The molecule has 0 amide bonds. The molecule has 0 aromatic carbocycles. The molecule has 1 aliphatic heterocycles. The van der Waals surface area contributed by atoms with E-state index in [4.69, 9.17) is 10.5 Å². The van der Waals surface area contributed by atoms with Crippen molar-refractivity contribution in [2.45, 2.75) is 19.1 Å². The van der Waals surface area contributed by atoms with Crippen LogP contribution < -0.4 is 16.0 Å². The molecule has 1 aromatic rings. The normalized spacial score (nSPS) is 17.9. The zero-order valence-electron chi connectivity index (χ0n) is 10.5. The Balaban J connectivity index is 2.15. The Kier molecular flexibility index (Phi) is 3.44. The highest BCUT2D eigenvalue weighted by atomic mass is 16.5. The van der Waals surface area contributed by atoms with Crippen LogP contribution in [0.5, 0.6) is 0 Å². The van der Waals surface area contributed by atoms with Crippen molar-refractivity contribution >= 4 is 11.8 Å². The van der Waals surface area contributed by atoms with Crippen LogP contribution in [0.1, 0.15) is 18.7 Å². The minimum Gasteiger partial charge on any atom is -0.375 e. The molecular weight excluding hydrogens is 218 g/mol. The first-order chi connectivity index (χ1) is 8.13. The van der Waals surface area contributed by atoms with Gasteiger partial charge in [-0.25, -0.2) is 4.98 Å². The highest BCUT2D eigenvalue weighted by Gasteiger charge is 2.27. The molecule has 1 aromatic heterocycles. The maximum absolute atomic E-state index is 5.72. The lowest BCUT2D eigenvalue weighted by atomic mass is 10.1. The summed E-state index contributed by atoms with van der Waals surface area (Å²) in [6.45, 7) is 3.85. The highest BCUT2D eigenvalue weighted by molar-refractivity contribution is 5.46. The van der Waals surface area contributed by atoms with Gasteiger partial charge in [0.2, 0.25) is 5.95 Å². The Hall–Kier alpha value is -1.40. The third kappa shape index (κ3) is 2.48. The SMILES string of the molecule is CNC1CN(c2cc([C@@H](C)OC)nc(N)n2)C1. The number of hydrogen-bond donors (Lipinski definition) is 2. The maximum atomic E-state index is 5.72. The molecule has 6 heteroatoms. The number of anilines is 2. The van der Waals surface area contributed by atoms with Gasteiger partial charge in [0.15, 0.2) is 0 Å². The summed E-state index contributed by atoms with van der Waals surface area (Å²) in [5.41, 5.74) is 6.54. The first kappa shape index (κ1) is 12.1. The van der Waals surface area contributed by atoms with Crippen molar-refractivity contribution in [3.8, 4) is 0 Å². The lowest BCUT2D eigenvalue weighted by Gasteiger charge is -2.40. The molecule has 0 saturated carbocycles. The van der Waals surface area contributed by atoms with Crippen molar-refractivity contribution in [3.05, 3.63) is 11.8 Å². The zero-order chi connectivity index (χ0) is 12.4. The van der Waals surface area contributed by atoms with Crippen LogP contribution in [0.3, 0.4) is 0 Å². The summed E-state index contributed by atoms with van der Waals surface area (Å²) in [6.07, 6.45) is -0.0691. The van der Waals surface area contributed by atoms with E-state index in [1.807, 2.05) is 20.0 Å². The van der Waals surface area contributed by atoms with Gasteiger partial charge in [-0.2, -0.15) is 4.98 Å². The molecule has 1 aliphatic rings. The van der Waals surface area contributed by atoms with Gasteiger partial charge in [-0.05, 0) is 14.0 Å². The number of aromatic nitrogens is 2. The van der Waals surface area contributed by atoms with Gasteiger partial charge >= 0.3 is 0 Å². The molecule has 0 unspecified atom stereocenters. The monoisotopic (exact) mass is 237 g/mol. The number of nitrogen functional groups attached to an aromatic ring is 1. The number of rotatable bonds is 4. The second-order valence-corrected chi connectivity index (χ2v) is 4.28. The lowest BCUT2D eigenvalue weighted by Crippen LogP contribution is -2.57. The Bertz CT molecular complexity index is 391. The third-order valence-corrected chi connectivity index (χ3v) is 3.13. The fraction of sp³-hybridized carbons (Fsp3) is 0.636. The molecule has 2 rings (SSSR count). The summed E-state index contributed by atoms with van der Waals surface area (Å²) in [4.78, 5) is 10.6. The van der Waals surface area contributed by atoms with E-state index in [-0.39, 0.29) is 6.10 Å². The maximum Gasteiger partial charge on any atom is 0.222 e. The van der Waals surface area contributed by atoms with Gasteiger partial charge < -0.3 is 20.7 Å². The average Bonchev–Trinajstić information content (AvgIpc) is 2.26. The van der Waals surface area contributed by atoms with Gasteiger partial charge in [-0.1, -0.05) is 0 Å². The highest BCUT2D eigenvalue weighted by Crippen LogP contribution is 2.23. The number of likely N-dealkylation sites (N-methyl/N-ethyl adjacent to an activating group) is 1. The summed E-state index contributed by atoms with van der Waals surface area (Å²) >= 11 is 0. The first-order valence-electron chi connectivity index (χ1n) is 5.73. The van der Waals surface area contributed by atoms with Gasteiger partial charge in [-0.15, -0.1) is 0 Å². The molecule has 1 saturated heterocycles. The summed E-state index contributed by atoms with van der Waals surface area (Å²) in [7, 11) is 3.62. The van der Waals surface area contributed by atoms with Crippen LogP contribution in [0, 0.1) is 0 Å². The summed E-state index contributed by atoms with van der Waals surface area (Å²) in [5, 5.41) is 3.22. The fourth-order valence-electron chi connectivity index (χ4n) is 1.81. The molecule has 1 atom stereocenters. The molecule has 17 heavy (non-hydrogen) atoms. The zero-order valence-corrected chi connectivity index (χ0v) is 10.5. The molecule has 0 aliphatic carbocycles. The van der Waals surface area contributed by atoms with E-state index in [1.165, 1.54) is 0 Å². The quantitative estimate of drug-likeness (QED) is 0.777. The molecule has 0 radical (unpaired) electrons. The molecule has 2 heterocycles. The first-order valence-corrected chi connectivity index (χ1v) is 5.73. The lowest BCUT2D eigenvalue weighted by molar-refractivity contribution is 0.116. The van der Waals surface area contributed by atoms with Crippen molar-refractivity contribution in [2.75, 3.05) is 37.9 Å². The number of nitrogens with zero attached hydrogens (tertiary/aromatic N) is 3. The van der Waals surface area contributed by atoms with Gasteiger partial charge in [0, 0.05) is 32.3 Å². The van der Waals surface area contributed by atoms with Gasteiger partial charge in [0.05, 0.1) is 11.8 Å². The summed E-state index contributed by atoms with van der Waals surface area (Å²) in [6, 6.07) is 2.48. The second-order valence-electron chi connectivity index (χ2n) is 4.28. The van der Waals surface area contributed by atoms with Crippen molar-refractivity contribution in [1.82, 2.24) is 15.3 Å². The minimum absolute atomic E-state index is 0.0691. The standard InChI is InChI=1S/C11H19N5O/c1-7(17-3)9-4-10(15-11(12)14-9)16-5-8(6-16)13-2/h4,7-8,13H,5-6H2,1-3H3,(H2,12,14,15)/t7-/m1/s1. The van der Waals surface area contributed by atoms with Crippen molar-refractivity contribution in [2.24, 2.45) is 0 Å². The molecule has 1 fully saturated rings. The Morgan fingerprint density at radius 2 is 2.24 bits per heavy atom. The number of ether oxygens (including phenoxy) is 1. The number of nitrogens with one attached hydrogen (secondary N) is 1. The smallest absolute Gasteiger partial charge is 0.222 e. The van der Waals surface area contributed by atoms with E-state index in [1.54, 1.807) is 7.11 Å². The predicted molar refractivity (Wildman–Crippen MR) is 66.9 cm³/mol. The van der Waals surface area contributed by atoms with Crippen molar-refractivity contribution in [3.63, 3.8) is 0 Å². The van der Waals surface area contributed by atoms with E-state index in [2.05, 4.69) is 20.2 Å². The van der Waals surface area contributed by atoms with Gasteiger partial charge in [0.25, 0.3) is 0 Å². The van der Waals surface area contributed by atoms with Gasteiger partial charge in [0.1, 0.15) is 5.82 Å². The van der Waals surface area contributed by atoms with Crippen LogP contribution in [-0.2, 0) is 4.74 Å². The Morgan fingerprint density at radius 1 is 1.53 bits per heavy atom. The van der Waals surface area contributed by atoms with Gasteiger partial charge in [-0.3, -0.25) is 0 Å². The minimum atomic E-state index is -0.0691. The van der Waals surface area contributed by atoms with Crippen molar-refractivity contribution < 1.29 is 4.74 Å². The fourth-order valence-corrected chi connectivity index (χ4v) is 1.81. The van der Waals surface area contributed by atoms with E-state index < -0.39 is 0 Å². The van der Waals surface area contributed by atoms with Crippen molar-refractivity contribution in [1.29, 1.82) is 0 Å². The number of hydrogen-bond acceptors (Lipinski definition) is 6. The van der Waals surface area contributed by atoms with E-state index in [9.17, 15) is 0 Å². The van der Waals surface area contributed by atoms with E-state index >= 15 is 0 Å². The molecule has 3 N–H and O–H groups in total. The Morgan fingerprint density at radius 3 is 2.82 bits per heavy atom. The summed E-state index contributed by atoms with van der Waals surface area (Å²) < 4.78 is 5.24. The average molecular weight is 237 g/mol. The van der Waals surface area contributed by atoms with Crippen LogP contribution in [0.25, 0.3) is 0 Å². The number of nitrogens with two attached hydrogens (primary N) is 1. The van der Waals surface area contributed by atoms with Crippen LogP contribution >= 0.6 is 0 Å². The summed E-state index contributed by atoms with van der Waals surface area (Å²) in [5.74, 6) is 1.18. The van der Waals surface area contributed by atoms with Crippen LogP contribution in [0.15, 0.2) is 6.07 Å². The molecule has 0 spiro atoms. The Labute approximate surface area is 101 Å². The molecular formula is C11H19N5O. The largest absolute Gasteiger partial charge is 0.375 e. The van der Waals surface area contributed by atoms with Crippen LogP contribution in [-0.4, -0.2) is 43.3 Å².